The second-order valence-corrected chi connectivity index (χ2v) is 7.65. The summed E-state index contributed by atoms with van der Waals surface area (Å²) >= 11 is 0. The first-order valence-corrected chi connectivity index (χ1v) is 10.3. The zero-order valence-electron chi connectivity index (χ0n) is 17.1. The van der Waals surface area contributed by atoms with Gasteiger partial charge in [0.2, 0.25) is 5.95 Å². The molecule has 12 heteroatoms. The number of H-pyrrole nitrogens is 1. The van der Waals surface area contributed by atoms with Crippen molar-refractivity contribution in [3.05, 3.63) is 46.4 Å². The minimum Gasteiger partial charge on any atom is -0.341 e. The molecule has 4 heterocycles. The lowest BCUT2D eigenvalue weighted by Gasteiger charge is -2.31. The first kappa shape index (κ1) is 19.7. The van der Waals surface area contributed by atoms with Crippen molar-refractivity contribution in [3.8, 4) is 6.07 Å². The molecule has 162 valence electrons. The van der Waals surface area contributed by atoms with E-state index in [2.05, 4.69) is 58.0 Å². The van der Waals surface area contributed by atoms with Crippen LogP contribution < -0.4 is 32.3 Å². The monoisotopic (exact) mass is 431 g/mol. The lowest BCUT2D eigenvalue weighted by atomic mass is 9.94. The van der Waals surface area contributed by atoms with E-state index >= 15 is 0 Å². The van der Waals surface area contributed by atoms with Gasteiger partial charge in [0.25, 0.3) is 5.56 Å². The van der Waals surface area contributed by atoms with Crippen molar-refractivity contribution in [3.63, 3.8) is 0 Å². The molecule has 1 aromatic carbocycles. The van der Waals surface area contributed by atoms with E-state index in [-0.39, 0.29) is 5.56 Å². The van der Waals surface area contributed by atoms with E-state index in [1.807, 2.05) is 24.3 Å². The average Bonchev–Trinajstić information content (AvgIpc) is 3.35. The van der Waals surface area contributed by atoms with Crippen LogP contribution in [0.15, 0.2) is 40.4 Å². The molecule has 3 aromatic rings. The van der Waals surface area contributed by atoms with Gasteiger partial charge in [0.15, 0.2) is 5.84 Å². The zero-order valence-corrected chi connectivity index (χ0v) is 17.1. The molecular formula is C20H21N11O. The topological polar surface area (TPSA) is 159 Å². The number of aromatic nitrogens is 4. The van der Waals surface area contributed by atoms with E-state index in [1.165, 1.54) is 6.20 Å². The first-order chi connectivity index (χ1) is 15.7. The summed E-state index contributed by atoms with van der Waals surface area (Å²) in [5.41, 5.74) is 10.00. The number of hydrazine groups is 2. The molecule has 1 fully saturated rings. The molecule has 32 heavy (non-hydrogen) atoms. The van der Waals surface area contributed by atoms with Crippen molar-refractivity contribution in [2.45, 2.75) is 19.3 Å². The highest BCUT2D eigenvalue weighted by molar-refractivity contribution is 5.99. The van der Waals surface area contributed by atoms with Gasteiger partial charge in [0.05, 0.1) is 12.3 Å². The standard InChI is InChI=1S/C20H21N11O/c21-8-5-12-6-9-31(10-7-12)20-24-15-11-22-28-19(32)16(15)18(25-20)23-14-3-1-13(2-4-14)17-26-29-30-27-17/h1-4,11-12,29-30H,5-7,9-10H2,(H,26,27)(H,28,32)(H,23,24,25). The third-order valence-corrected chi connectivity index (χ3v) is 5.61. The molecular weight excluding hydrogens is 410 g/mol. The SMILES string of the molecule is N#CCC1CCN(c2nc(Nc3ccc(C4=NNNN4)cc3)c3c(=O)[nH]ncc3n2)CC1. The molecule has 12 nitrogen and oxygen atoms in total. The number of rotatable bonds is 5. The maximum absolute atomic E-state index is 12.5. The molecule has 2 aliphatic heterocycles. The van der Waals surface area contributed by atoms with Gasteiger partial charge in [-0.3, -0.25) is 10.2 Å². The number of piperidine rings is 1. The van der Waals surface area contributed by atoms with Crippen molar-refractivity contribution in [2.24, 2.45) is 11.0 Å². The third-order valence-electron chi connectivity index (χ3n) is 5.61. The van der Waals surface area contributed by atoms with Crippen molar-refractivity contribution in [2.75, 3.05) is 23.3 Å². The fraction of sp³-hybridized carbons (Fsp3) is 0.300. The zero-order chi connectivity index (χ0) is 21.9. The molecule has 0 bridgehead atoms. The van der Waals surface area contributed by atoms with Crippen LogP contribution in [0, 0.1) is 17.2 Å². The summed E-state index contributed by atoms with van der Waals surface area (Å²) in [7, 11) is 0. The van der Waals surface area contributed by atoms with Gasteiger partial charge in [-0.25, -0.2) is 15.6 Å². The van der Waals surface area contributed by atoms with Gasteiger partial charge >= 0.3 is 0 Å². The second kappa shape index (κ2) is 8.48. The minimum atomic E-state index is -0.359. The van der Waals surface area contributed by atoms with Crippen LogP contribution in [-0.2, 0) is 0 Å². The van der Waals surface area contributed by atoms with Crippen LogP contribution in [0.25, 0.3) is 10.9 Å². The molecule has 0 saturated carbocycles. The molecule has 0 amide bonds. The van der Waals surface area contributed by atoms with Crippen LogP contribution >= 0.6 is 0 Å². The van der Waals surface area contributed by atoms with Crippen LogP contribution in [0.2, 0.25) is 0 Å². The predicted molar refractivity (Wildman–Crippen MR) is 119 cm³/mol. The quantitative estimate of drug-likeness (QED) is 0.392. The Kier molecular flexibility index (Phi) is 5.22. The summed E-state index contributed by atoms with van der Waals surface area (Å²) in [6, 6.07) is 9.83. The number of nitriles is 1. The van der Waals surface area contributed by atoms with Gasteiger partial charge in [-0.15, -0.1) is 10.6 Å². The summed E-state index contributed by atoms with van der Waals surface area (Å²) in [6.45, 7) is 1.53. The van der Waals surface area contributed by atoms with E-state index in [4.69, 9.17) is 5.26 Å². The number of hydrazone groups is 1. The van der Waals surface area contributed by atoms with Crippen LogP contribution in [-0.4, -0.2) is 39.1 Å². The molecule has 5 rings (SSSR count). The minimum absolute atomic E-state index is 0.349. The molecule has 2 aromatic heterocycles. The Balaban J connectivity index is 1.45. The third kappa shape index (κ3) is 3.88. The van der Waals surface area contributed by atoms with Gasteiger partial charge in [0.1, 0.15) is 16.7 Å². The van der Waals surface area contributed by atoms with Crippen LogP contribution in [0.1, 0.15) is 24.8 Å². The molecule has 5 N–H and O–H groups in total. The average molecular weight is 431 g/mol. The van der Waals surface area contributed by atoms with Gasteiger partial charge < -0.3 is 10.2 Å². The molecule has 0 unspecified atom stereocenters. The molecule has 0 spiro atoms. The number of aromatic amines is 1. The molecule has 2 aliphatic rings. The summed E-state index contributed by atoms with van der Waals surface area (Å²) in [5.74, 6) is 2.04. The summed E-state index contributed by atoms with van der Waals surface area (Å²) in [4.78, 5) is 23.9. The smallest absolute Gasteiger partial charge is 0.277 e. The Bertz CT molecular complexity index is 1250. The number of hydrogen-bond donors (Lipinski definition) is 5. The lowest BCUT2D eigenvalue weighted by Crippen LogP contribution is -2.35. The van der Waals surface area contributed by atoms with Crippen LogP contribution in [0.3, 0.4) is 0 Å². The maximum atomic E-state index is 12.5. The molecule has 0 atom stereocenters. The van der Waals surface area contributed by atoms with E-state index < -0.39 is 0 Å². The Morgan fingerprint density at radius 3 is 2.72 bits per heavy atom. The Hall–Kier alpha value is -4.24. The molecule has 0 radical (unpaired) electrons. The lowest BCUT2D eigenvalue weighted by molar-refractivity contribution is 0.409. The fourth-order valence-electron chi connectivity index (χ4n) is 3.87. The number of hydrogen-bond acceptors (Lipinski definition) is 11. The summed E-state index contributed by atoms with van der Waals surface area (Å²) in [6.07, 6.45) is 3.92. The second-order valence-electron chi connectivity index (χ2n) is 7.65. The summed E-state index contributed by atoms with van der Waals surface area (Å²) in [5, 5.41) is 23.0. The van der Waals surface area contributed by atoms with E-state index in [0.29, 0.717) is 40.8 Å². The first-order valence-electron chi connectivity index (χ1n) is 10.3. The predicted octanol–water partition coefficient (Wildman–Crippen LogP) is 0.861. The number of fused-ring (bicyclic) bond motifs is 1. The highest BCUT2D eigenvalue weighted by Crippen LogP contribution is 2.27. The highest BCUT2D eigenvalue weighted by atomic mass is 16.1. The van der Waals surface area contributed by atoms with Crippen molar-refractivity contribution >= 4 is 34.2 Å². The Morgan fingerprint density at radius 1 is 1.19 bits per heavy atom. The number of nitrogens with one attached hydrogen (secondary N) is 5. The fourth-order valence-corrected chi connectivity index (χ4v) is 3.87. The molecule has 1 saturated heterocycles. The van der Waals surface area contributed by atoms with Gasteiger partial charge in [-0.05, 0) is 43.0 Å². The Labute approximate surface area is 182 Å². The Morgan fingerprint density at radius 2 is 2.00 bits per heavy atom. The normalized spacial score (nSPS) is 16.2. The van der Waals surface area contributed by atoms with Gasteiger partial charge in [0, 0.05) is 30.8 Å². The van der Waals surface area contributed by atoms with E-state index in [1.54, 1.807) is 0 Å². The van der Waals surface area contributed by atoms with Crippen molar-refractivity contribution < 1.29 is 0 Å². The van der Waals surface area contributed by atoms with Crippen LogP contribution in [0.4, 0.5) is 17.5 Å². The number of benzene rings is 1. The largest absolute Gasteiger partial charge is 0.341 e. The summed E-state index contributed by atoms with van der Waals surface area (Å²) < 4.78 is 0. The highest BCUT2D eigenvalue weighted by Gasteiger charge is 2.22. The molecule has 0 aliphatic carbocycles. The number of nitrogens with zero attached hydrogens (tertiary/aromatic N) is 6. The maximum Gasteiger partial charge on any atom is 0.277 e. The van der Waals surface area contributed by atoms with Gasteiger partial charge in [-0.2, -0.15) is 15.3 Å². The van der Waals surface area contributed by atoms with E-state index in [0.717, 1.165) is 37.2 Å². The van der Waals surface area contributed by atoms with Crippen molar-refractivity contribution in [1.29, 1.82) is 5.26 Å². The number of amidine groups is 1. The number of anilines is 3. The van der Waals surface area contributed by atoms with E-state index in [9.17, 15) is 4.79 Å². The van der Waals surface area contributed by atoms with Crippen molar-refractivity contribution in [1.82, 2.24) is 36.7 Å². The van der Waals surface area contributed by atoms with Crippen LogP contribution in [0.5, 0.6) is 0 Å². The van der Waals surface area contributed by atoms with Gasteiger partial charge in [-0.1, -0.05) is 0 Å².